The number of aryl methyl sites for hydroxylation is 2. The SMILES string of the molecule is O=C(OCCCCCc1nn[nH]n1)N(CCCCc1nn[nH]n1)c1ccc2[nH]c(=S)sc2c1. The number of aromatic amines is 3. The van der Waals surface area contributed by atoms with Crippen LogP contribution in [0.1, 0.15) is 43.8 Å². The number of rotatable bonds is 12. The lowest BCUT2D eigenvalue weighted by atomic mass is 10.2. The van der Waals surface area contributed by atoms with Crippen LogP contribution in [0.5, 0.6) is 0 Å². The van der Waals surface area contributed by atoms with Gasteiger partial charge in [0.2, 0.25) is 0 Å². The Labute approximate surface area is 198 Å². The summed E-state index contributed by atoms with van der Waals surface area (Å²) in [6.07, 6.45) is 5.27. The zero-order chi connectivity index (χ0) is 22.9. The smallest absolute Gasteiger partial charge is 0.414 e. The first-order valence-corrected chi connectivity index (χ1v) is 11.9. The molecule has 0 saturated carbocycles. The molecule has 0 aliphatic heterocycles. The average molecular weight is 489 g/mol. The molecule has 4 aromatic rings. The van der Waals surface area contributed by atoms with E-state index >= 15 is 0 Å². The maximum atomic E-state index is 12.9. The van der Waals surface area contributed by atoms with Gasteiger partial charge in [0.15, 0.2) is 15.6 Å². The third-order valence-corrected chi connectivity index (χ3v) is 6.21. The van der Waals surface area contributed by atoms with Crippen LogP contribution in [0.4, 0.5) is 10.5 Å². The molecular formula is C19H24N10O2S2. The fourth-order valence-corrected chi connectivity index (χ4v) is 4.51. The number of anilines is 1. The summed E-state index contributed by atoms with van der Waals surface area (Å²) in [5.74, 6) is 1.36. The second-order valence-electron chi connectivity index (χ2n) is 7.38. The van der Waals surface area contributed by atoms with E-state index in [0.717, 1.165) is 54.4 Å². The molecule has 33 heavy (non-hydrogen) atoms. The second kappa shape index (κ2) is 11.6. The van der Waals surface area contributed by atoms with Crippen molar-refractivity contribution in [1.29, 1.82) is 0 Å². The molecule has 0 unspecified atom stereocenters. The lowest BCUT2D eigenvalue weighted by Crippen LogP contribution is -2.32. The van der Waals surface area contributed by atoms with Gasteiger partial charge in [0.1, 0.15) is 0 Å². The number of hydrogen-bond acceptors (Lipinski definition) is 10. The molecular weight excluding hydrogens is 464 g/mol. The highest BCUT2D eigenvalue weighted by Crippen LogP contribution is 2.26. The third-order valence-electron chi connectivity index (χ3n) is 5.02. The van der Waals surface area contributed by atoms with Crippen LogP contribution in [0, 0.1) is 3.95 Å². The van der Waals surface area contributed by atoms with Crippen LogP contribution in [0.25, 0.3) is 10.2 Å². The number of thiazole rings is 1. The topological polar surface area (TPSA) is 154 Å². The van der Waals surface area contributed by atoms with Crippen molar-refractivity contribution in [2.45, 2.75) is 44.9 Å². The van der Waals surface area contributed by atoms with Gasteiger partial charge in [-0.3, -0.25) is 4.90 Å². The van der Waals surface area contributed by atoms with Crippen LogP contribution < -0.4 is 4.90 Å². The Morgan fingerprint density at radius 3 is 2.42 bits per heavy atom. The minimum atomic E-state index is -0.355. The van der Waals surface area contributed by atoms with Crippen molar-refractivity contribution in [3.05, 3.63) is 33.8 Å². The van der Waals surface area contributed by atoms with E-state index in [4.69, 9.17) is 17.0 Å². The van der Waals surface area contributed by atoms with Gasteiger partial charge in [0.05, 0.1) is 16.8 Å². The van der Waals surface area contributed by atoms with Gasteiger partial charge >= 0.3 is 6.09 Å². The van der Waals surface area contributed by atoms with E-state index in [1.54, 1.807) is 4.90 Å². The van der Waals surface area contributed by atoms with Gasteiger partial charge in [-0.05, 0) is 62.5 Å². The molecule has 0 saturated heterocycles. The summed E-state index contributed by atoms with van der Waals surface area (Å²) in [4.78, 5) is 17.8. The first-order chi connectivity index (χ1) is 16.2. The first kappa shape index (κ1) is 22.9. The van der Waals surface area contributed by atoms with Crippen molar-refractivity contribution in [1.82, 2.24) is 46.2 Å². The monoisotopic (exact) mass is 488 g/mol. The van der Waals surface area contributed by atoms with E-state index in [2.05, 4.69) is 46.2 Å². The molecule has 0 bridgehead atoms. The summed E-state index contributed by atoms with van der Waals surface area (Å²) in [6, 6.07) is 5.82. The van der Waals surface area contributed by atoms with Crippen LogP contribution in [-0.4, -0.2) is 65.5 Å². The lowest BCUT2D eigenvalue weighted by Gasteiger charge is -2.22. The molecule has 0 spiro atoms. The number of aromatic nitrogens is 9. The van der Waals surface area contributed by atoms with Crippen molar-refractivity contribution in [3.63, 3.8) is 0 Å². The van der Waals surface area contributed by atoms with Crippen LogP contribution in [0.2, 0.25) is 0 Å². The van der Waals surface area contributed by atoms with Crippen molar-refractivity contribution in [3.8, 4) is 0 Å². The molecule has 0 aliphatic carbocycles. The number of ether oxygens (including phenoxy) is 1. The number of fused-ring (bicyclic) bond motifs is 1. The molecule has 1 amide bonds. The number of benzene rings is 1. The predicted octanol–water partition coefficient (Wildman–Crippen LogP) is 3.36. The molecule has 3 N–H and O–H groups in total. The van der Waals surface area contributed by atoms with Crippen LogP contribution in [-0.2, 0) is 17.6 Å². The Morgan fingerprint density at radius 1 is 1.00 bits per heavy atom. The minimum Gasteiger partial charge on any atom is -0.449 e. The quantitative estimate of drug-likeness (QED) is 0.201. The van der Waals surface area contributed by atoms with E-state index in [1.807, 2.05) is 18.2 Å². The minimum absolute atomic E-state index is 0.355. The Kier molecular flexibility index (Phi) is 8.03. The molecule has 174 valence electrons. The van der Waals surface area contributed by atoms with E-state index in [1.165, 1.54) is 11.3 Å². The number of amides is 1. The third kappa shape index (κ3) is 6.61. The van der Waals surface area contributed by atoms with Gasteiger partial charge < -0.3 is 9.72 Å². The molecule has 0 atom stereocenters. The lowest BCUT2D eigenvalue weighted by molar-refractivity contribution is 0.151. The van der Waals surface area contributed by atoms with Crippen molar-refractivity contribution < 1.29 is 9.53 Å². The normalized spacial score (nSPS) is 11.2. The zero-order valence-corrected chi connectivity index (χ0v) is 19.5. The van der Waals surface area contributed by atoms with Gasteiger partial charge in [-0.25, -0.2) is 4.79 Å². The van der Waals surface area contributed by atoms with Crippen LogP contribution in [0.15, 0.2) is 18.2 Å². The standard InChI is InChI=1S/C19H24N10O2S2/c30-19(31-11-5-1-2-6-16-21-25-26-22-16)29(10-4-3-7-17-23-27-28-24-17)13-8-9-14-15(12-13)33-18(32)20-14/h8-9,12H,1-7,10-11H2,(H,20,32)(H,21,22,25,26)(H,23,24,27,28). The Balaban J connectivity index is 1.31. The van der Waals surface area contributed by atoms with Gasteiger partial charge in [0, 0.05) is 25.1 Å². The number of hydrogen-bond donors (Lipinski definition) is 3. The number of carbonyl (C=O) groups is 1. The highest BCUT2D eigenvalue weighted by molar-refractivity contribution is 7.73. The van der Waals surface area contributed by atoms with Crippen molar-refractivity contribution >= 4 is 45.6 Å². The molecule has 0 fully saturated rings. The van der Waals surface area contributed by atoms with Gasteiger partial charge in [-0.15, -0.1) is 31.7 Å². The molecule has 0 radical (unpaired) electrons. The predicted molar refractivity (Wildman–Crippen MR) is 125 cm³/mol. The van der Waals surface area contributed by atoms with Gasteiger partial charge in [-0.2, -0.15) is 10.4 Å². The molecule has 14 heteroatoms. The number of nitrogens with one attached hydrogen (secondary N) is 3. The summed E-state index contributed by atoms with van der Waals surface area (Å²) < 4.78 is 7.30. The summed E-state index contributed by atoms with van der Waals surface area (Å²) >= 11 is 6.73. The Bertz CT molecular complexity index is 1190. The highest BCUT2D eigenvalue weighted by Gasteiger charge is 2.18. The molecule has 1 aromatic carbocycles. The van der Waals surface area contributed by atoms with E-state index in [-0.39, 0.29) is 6.09 Å². The maximum Gasteiger partial charge on any atom is 0.414 e. The fourth-order valence-electron chi connectivity index (χ4n) is 3.36. The Hall–Kier alpha value is -3.26. The van der Waals surface area contributed by atoms with Gasteiger partial charge in [-0.1, -0.05) is 10.4 Å². The molecule has 3 heterocycles. The molecule has 3 aromatic heterocycles. The largest absolute Gasteiger partial charge is 0.449 e. The second-order valence-corrected chi connectivity index (χ2v) is 9.10. The number of nitrogens with zero attached hydrogens (tertiary/aromatic N) is 7. The highest BCUT2D eigenvalue weighted by atomic mass is 32.1. The number of tetrazole rings is 2. The molecule has 0 aliphatic rings. The maximum absolute atomic E-state index is 12.9. The van der Waals surface area contributed by atoms with Crippen molar-refractivity contribution in [2.75, 3.05) is 18.1 Å². The van der Waals surface area contributed by atoms with Crippen LogP contribution in [0.3, 0.4) is 0 Å². The summed E-state index contributed by atoms with van der Waals surface area (Å²) in [5.41, 5.74) is 1.75. The van der Waals surface area contributed by atoms with Crippen LogP contribution >= 0.6 is 23.6 Å². The first-order valence-electron chi connectivity index (χ1n) is 10.7. The summed E-state index contributed by atoms with van der Waals surface area (Å²) in [7, 11) is 0. The number of carbonyl (C=O) groups excluding carboxylic acids is 1. The number of unbranched alkanes of at least 4 members (excludes halogenated alkanes) is 3. The fraction of sp³-hybridized carbons (Fsp3) is 0.474. The Morgan fingerprint density at radius 2 is 1.73 bits per heavy atom. The zero-order valence-electron chi connectivity index (χ0n) is 17.9. The summed E-state index contributed by atoms with van der Waals surface area (Å²) in [5, 5.41) is 27.8. The van der Waals surface area contributed by atoms with E-state index < -0.39 is 0 Å². The number of H-pyrrole nitrogens is 3. The van der Waals surface area contributed by atoms with Gasteiger partial charge in [0.25, 0.3) is 0 Å². The molecule has 4 rings (SSSR count). The molecule has 12 nitrogen and oxygen atoms in total. The summed E-state index contributed by atoms with van der Waals surface area (Å²) in [6.45, 7) is 0.881. The van der Waals surface area contributed by atoms with E-state index in [9.17, 15) is 4.79 Å². The van der Waals surface area contributed by atoms with E-state index in [0.29, 0.717) is 35.2 Å². The van der Waals surface area contributed by atoms with Crippen molar-refractivity contribution in [2.24, 2.45) is 0 Å². The average Bonchev–Trinajstić information content (AvgIpc) is 3.57.